The van der Waals surface area contributed by atoms with Crippen molar-refractivity contribution >= 4 is 0 Å². The minimum Gasteiger partial charge on any atom is -0.508 e. The number of rotatable bonds is 3. The van der Waals surface area contributed by atoms with Crippen molar-refractivity contribution in [3.63, 3.8) is 0 Å². The smallest absolute Gasteiger partial charge is 0.167 e. The summed E-state index contributed by atoms with van der Waals surface area (Å²) in [7, 11) is 0. The van der Waals surface area contributed by atoms with E-state index >= 15 is 0 Å². The van der Waals surface area contributed by atoms with E-state index in [-0.39, 0.29) is 16.9 Å². The van der Waals surface area contributed by atoms with E-state index in [4.69, 9.17) is 0 Å². The van der Waals surface area contributed by atoms with E-state index in [1.165, 1.54) is 49.8 Å². The predicted molar refractivity (Wildman–Crippen MR) is 105 cm³/mol. The summed E-state index contributed by atoms with van der Waals surface area (Å²) in [6.07, 6.45) is 6.27. The Morgan fingerprint density at radius 2 is 1.11 bits per heavy atom. The first kappa shape index (κ1) is 19.1. The predicted octanol–water partition coefficient (Wildman–Crippen LogP) is 7.05. The SMILES string of the molecule is Oc1ccc(-c2ccc(-c3ccc(C4CCCCC4)cc3)c(F)c2F)cc1.[Cm]. The molecule has 1 N–H and O–H groups in total. The van der Waals surface area contributed by atoms with E-state index in [9.17, 15) is 13.9 Å². The van der Waals surface area contributed by atoms with Crippen molar-refractivity contribution in [1.82, 2.24) is 0 Å². The van der Waals surface area contributed by atoms with E-state index < -0.39 is 11.6 Å². The maximum atomic E-state index is 14.7. The minimum absolute atomic E-state index is 0. The van der Waals surface area contributed by atoms with Crippen LogP contribution in [0.3, 0.4) is 0 Å². The Labute approximate surface area is 158 Å². The molecule has 0 aliphatic heterocycles. The molecule has 1 fully saturated rings. The first-order valence-corrected chi connectivity index (χ1v) is 9.51. The number of phenols is 1. The van der Waals surface area contributed by atoms with Crippen molar-refractivity contribution in [2.75, 3.05) is 0 Å². The molecule has 1 aliphatic rings. The van der Waals surface area contributed by atoms with Crippen molar-refractivity contribution < 1.29 is 13.9 Å². The zero-order valence-electron chi connectivity index (χ0n) is 15.4. The number of hydrogen-bond donors (Lipinski definition) is 1. The van der Waals surface area contributed by atoms with Gasteiger partial charge in [-0.2, -0.15) is 0 Å². The number of halogens is 2. The van der Waals surface area contributed by atoms with Crippen LogP contribution in [0, 0.1) is 11.6 Å². The van der Waals surface area contributed by atoms with Gasteiger partial charge in [0.05, 0.1) is 0 Å². The van der Waals surface area contributed by atoms with Gasteiger partial charge in [-0.1, -0.05) is 67.8 Å². The van der Waals surface area contributed by atoms with Crippen molar-refractivity contribution in [2.24, 2.45) is 0 Å². The Morgan fingerprint density at radius 3 is 1.61 bits per heavy atom. The van der Waals surface area contributed by atoms with Gasteiger partial charge >= 0.3 is 0 Å². The largest absolute Gasteiger partial charge is 0.508 e. The molecule has 0 amide bonds. The first-order chi connectivity index (χ1) is 13.1. The van der Waals surface area contributed by atoms with Crippen molar-refractivity contribution in [1.29, 1.82) is 0 Å². The molecule has 146 valence electrons. The molecule has 3 aromatic rings. The second kappa shape index (κ2) is 7.91. The maximum absolute atomic E-state index is 14.7. The van der Waals surface area contributed by atoms with Gasteiger partial charge in [-0.3, -0.25) is 0 Å². The third-order valence-corrected chi connectivity index (χ3v) is 5.56. The molecular formula is C24H22CmF2O. The molecule has 1 nitrogen and oxygen atoms in total. The zero-order chi connectivity index (χ0) is 18.8. The van der Waals surface area contributed by atoms with Crippen molar-refractivity contribution in [3.8, 4) is 28.0 Å². The molecule has 1 aliphatic carbocycles. The molecule has 4 rings (SSSR count). The molecule has 0 saturated heterocycles. The molecular weight excluding hydrogens is 589 g/mol. The fraction of sp³-hybridized carbons (Fsp3) is 0.250. The first-order valence-electron chi connectivity index (χ1n) is 9.51. The average Bonchev–Trinajstić information content (AvgIpc) is 2.72. The molecule has 1 saturated carbocycles. The van der Waals surface area contributed by atoms with Gasteiger partial charge < -0.3 is 5.11 Å². The average molecular weight is 611 g/mol. The Bertz CT molecular complexity index is 930. The Balaban J connectivity index is 0.00000225. The summed E-state index contributed by atoms with van der Waals surface area (Å²) < 4.78 is 29.4. The molecule has 0 bridgehead atoms. The van der Waals surface area contributed by atoms with E-state index in [0.717, 1.165) is 0 Å². The van der Waals surface area contributed by atoms with Gasteiger partial charge in [0.1, 0.15) is 5.75 Å². The molecule has 0 aromatic heterocycles. The van der Waals surface area contributed by atoms with Gasteiger partial charge in [-0.15, -0.1) is 0 Å². The van der Waals surface area contributed by atoms with Crippen LogP contribution in [0.2, 0.25) is 0 Å². The van der Waals surface area contributed by atoms with Crippen LogP contribution in [-0.4, -0.2) is 5.11 Å². The van der Waals surface area contributed by atoms with Crippen LogP contribution in [0.25, 0.3) is 22.3 Å². The second-order valence-electron chi connectivity index (χ2n) is 7.29. The fourth-order valence-corrected chi connectivity index (χ4v) is 4.01. The van der Waals surface area contributed by atoms with Crippen molar-refractivity contribution in [3.05, 3.63) is 77.9 Å². The van der Waals surface area contributed by atoms with E-state index in [1.807, 2.05) is 12.1 Å². The third kappa shape index (κ3) is 3.57. The van der Waals surface area contributed by atoms with E-state index in [0.29, 0.717) is 17.0 Å². The Morgan fingerprint density at radius 1 is 0.643 bits per heavy atom. The monoisotopic (exact) mass is 607 g/mol. The Hall–Kier alpha value is -3.68. The van der Waals surface area contributed by atoms with Gasteiger partial charge in [0.2, 0.25) is 0 Å². The summed E-state index contributed by atoms with van der Waals surface area (Å²) in [5.41, 5.74) is 2.96. The minimum atomic E-state index is -0.866. The van der Waals surface area contributed by atoms with Crippen LogP contribution in [0.4, 0.5) is 8.78 Å². The van der Waals surface area contributed by atoms with Crippen molar-refractivity contribution in [2.45, 2.75) is 38.0 Å². The van der Waals surface area contributed by atoms with Gasteiger partial charge in [0.25, 0.3) is 0 Å². The third-order valence-electron chi connectivity index (χ3n) is 5.56. The molecule has 0 heterocycles. The maximum Gasteiger partial charge on any atom is 0.167 e. The van der Waals surface area contributed by atoms with Gasteiger partial charge in [-0.05, 0) is 47.6 Å². The summed E-state index contributed by atoms with van der Waals surface area (Å²) in [6, 6.07) is 17.2. The van der Waals surface area contributed by atoms with Crippen LogP contribution < -0.4 is 0 Å². The van der Waals surface area contributed by atoms with E-state index in [1.54, 1.807) is 24.3 Å². The molecule has 0 atom stereocenters. The number of benzene rings is 3. The quantitative estimate of drug-likeness (QED) is 0.337. The van der Waals surface area contributed by atoms with Crippen LogP contribution >= 0.6 is 0 Å². The van der Waals surface area contributed by atoms with Crippen LogP contribution in [0.15, 0.2) is 60.7 Å². The number of aromatic hydroxyl groups is 1. The second-order valence-corrected chi connectivity index (χ2v) is 7.29. The summed E-state index contributed by atoms with van der Waals surface area (Å²) >= 11 is 0. The summed E-state index contributed by atoms with van der Waals surface area (Å²) in [6.45, 7) is 0. The van der Waals surface area contributed by atoms with Gasteiger partial charge in [0, 0.05) is 11.1 Å². The van der Waals surface area contributed by atoms with Gasteiger partial charge in [-0.25, -0.2) is 8.78 Å². The summed E-state index contributed by atoms with van der Waals surface area (Å²) in [5, 5.41) is 9.37. The number of phenolic OH excluding ortho intramolecular Hbond substituents is 1. The van der Waals surface area contributed by atoms with Crippen LogP contribution in [0.1, 0.15) is 43.6 Å². The summed E-state index contributed by atoms with van der Waals surface area (Å²) in [4.78, 5) is 0. The standard InChI is InChI=1S/C24H22F2O.Cm/c25-23-21(14-15-22(24(23)26)19-10-12-20(27)13-11-19)18-8-6-17(7-9-18)16-4-2-1-3-5-16;/h6-16,27H,1-5H2;. The zero-order valence-corrected chi connectivity index (χ0v) is 18.4. The van der Waals surface area contributed by atoms with Crippen LogP contribution in [-0.2, 0) is 0 Å². The van der Waals surface area contributed by atoms with Crippen LogP contribution in [0.5, 0.6) is 5.75 Å². The molecule has 0 spiro atoms. The normalized spacial score (nSPS) is 14.5. The van der Waals surface area contributed by atoms with Gasteiger partial charge in [0.15, 0.2) is 11.6 Å². The molecule has 0 unspecified atom stereocenters. The fourth-order valence-electron chi connectivity index (χ4n) is 4.01. The Kier molecular flexibility index (Phi) is 5.39. The topological polar surface area (TPSA) is 20.2 Å². The number of hydrogen-bond acceptors (Lipinski definition) is 1. The molecule has 4 heteroatoms. The summed E-state index contributed by atoms with van der Waals surface area (Å²) in [5.74, 6) is -1.03. The molecule has 3 aromatic carbocycles. The van der Waals surface area contributed by atoms with E-state index in [2.05, 4.69) is 12.1 Å². The molecule has 0 radical (unpaired) electrons. The molecule has 28 heavy (non-hydrogen) atoms.